The fraction of sp³-hybridized carbons (Fsp3) is 0.800. The van der Waals surface area contributed by atoms with Crippen LogP contribution in [0.5, 0.6) is 0 Å². The molecule has 0 atom stereocenters. The topological polar surface area (TPSA) is 26.3 Å². The van der Waals surface area contributed by atoms with E-state index in [2.05, 4.69) is 25.7 Å². The van der Waals surface area contributed by atoms with Gasteiger partial charge in [-0.1, -0.05) is 109 Å². The highest BCUT2D eigenvalue weighted by Crippen LogP contribution is 2.12. The molecule has 0 rings (SSSR count). The van der Waals surface area contributed by atoms with Crippen LogP contribution in [0.15, 0.2) is 24.8 Å². The van der Waals surface area contributed by atoms with Gasteiger partial charge < -0.3 is 4.74 Å². The Balaban J connectivity index is 3.11. The molecule has 0 heterocycles. The fourth-order valence-electron chi connectivity index (χ4n) is 3.29. The Hall–Kier alpha value is -1.05. The van der Waals surface area contributed by atoms with Crippen molar-refractivity contribution in [3.05, 3.63) is 24.8 Å². The van der Waals surface area contributed by atoms with Crippen molar-refractivity contribution in [2.45, 2.75) is 122 Å². The molecule has 0 spiro atoms. The summed E-state index contributed by atoms with van der Waals surface area (Å²) >= 11 is 0. The van der Waals surface area contributed by atoms with Gasteiger partial charge in [0.05, 0.1) is 6.61 Å². The SMILES string of the molecule is C=CC(=O)OCCCCCCCC/C=C/CCCCCCCCCCCC. The second-order valence-electron chi connectivity index (χ2n) is 7.72. The average Bonchev–Trinajstić information content (AvgIpc) is 2.68. The number of carbonyl (C=O) groups is 1. The number of ether oxygens (including phenoxy) is 1. The number of esters is 1. The third kappa shape index (κ3) is 22.9. The first-order chi connectivity index (χ1) is 13.3. The fourth-order valence-corrected chi connectivity index (χ4v) is 3.29. The van der Waals surface area contributed by atoms with E-state index < -0.39 is 0 Å². The van der Waals surface area contributed by atoms with Crippen LogP contribution in [0.3, 0.4) is 0 Å². The minimum absolute atomic E-state index is 0.306. The Labute approximate surface area is 169 Å². The second kappa shape index (κ2) is 23.0. The Morgan fingerprint density at radius 3 is 1.52 bits per heavy atom. The number of rotatable bonds is 21. The first-order valence-corrected chi connectivity index (χ1v) is 11.8. The van der Waals surface area contributed by atoms with Crippen molar-refractivity contribution in [2.24, 2.45) is 0 Å². The first kappa shape index (κ1) is 26.0. The largest absolute Gasteiger partial charge is 0.463 e. The maximum absolute atomic E-state index is 10.9. The molecule has 0 aliphatic heterocycles. The third-order valence-electron chi connectivity index (χ3n) is 5.07. The molecular formula is C25H46O2. The lowest BCUT2D eigenvalue weighted by molar-refractivity contribution is -0.137. The van der Waals surface area contributed by atoms with E-state index in [1.54, 1.807) is 0 Å². The molecule has 0 aliphatic carbocycles. The molecule has 0 aromatic rings. The molecule has 0 saturated heterocycles. The average molecular weight is 379 g/mol. The van der Waals surface area contributed by atoms with Crippen LogP contribution in [0, 0.1) is 0 Å². The molecule has 0 aliphatic rings. The Kier molecular flexibility index (Phi) is 22.1. The number of carbonyl (C=O) groups excluding carboxylic acids is 1. The standard InChI is InChI=1S/C25H46O2/c1-3-5-6-7-8-9-10-11-12-13-14-15-16-17-18-19-20-21-22-23-24-27-25(26)4-2/h4,15-16H,2-3,5-14,17-24H2,1H3/b16-15+. The molecule has 0 aromatic carbocycles. The zero-order valence-electron chi connectivity index (χ0n) is 18.2. The molecule has 0 saturated carbocycles. The highest BCUT2D eigenvalue weighted by atomic mass is 16.5. The van der Waals surface area contributed by atoms with E-state index in [0.717, 1.165) is 12.8 Å². The molecule has 0 bridgehead atoms. The summed E-state index contributed by atoms with van der Waals surface area (Å²) in [6.07, 6.45) is 29.9. The van der Waals surface area contributed by atoms with Crippen LogP contribution in [0.25, 0.3) is 0 Å². The maximum atomic E-state index is 10.9. The summed E-state index contributed by atoms with van der Waals surface area (Å²) in [5, 5.41) is 0. The molecule has 0 amide bonds. The van der Waals surface area contributed by atoms with Crippen molar-refractivity contribution >= 4 is 5.97 Å². The van der Waals surface area contributed by atoms with Crippen molar-refractivity contribution in [1.82, 2.24) is 0 Å². The number of unbranched alkanes of at least 4 members (excludes halogenated alkanes) is 16. The molecule has 27 heavy (non-hydrogen) atoms. The molecule has 0 fully saturated rings. The van der Waals surface area contributed by atoms with Crippen LogP contribution in [0.2, 0.25) is 0 Å². The summed E-state index contributed by atoms with van der Waals surface area (Å²) in [5.74, 6) is -0.306. The summed E-state index contributed by atoms with van der Waals surface area (Å²) in [4.78, 5) is 10.9. The van der Waals surface area contributed by atoms with Gasteiger partial charge in [0, 0.05) is 6.08 Å². The van der Waals surface area contributed by atoms with Crippen LogP contribution in [0.1, 0.15) is 122 Å². The molecule has 0 unspecified atom stereocenters. The van der Waals surface area contributed by atoms with Gasteiger partial charge in [0.1, 0.15) is 0 Å². The Morgan fingerprint density at radius 2 is 1.07 bits per heavy atom. The zero-order chi connectivity index (χ0) is 19.8. The summed E-state index contributed by atoms with van der Waals surface area (Å²) in [6, 6.07) is 0. The molecular weight excluding hydrogens is 332 g/mol. The highest BCUT2D eigenvalue weighted by Gasteiger charge is 1.95. The van der Waals surface area contributed by atoms with Gasteiger partial charge in [-0.2, -0.15) is 0 Å². The molecule has 0 aromatic heterocycles. The van der Waals surface area contributed by atoms with Gasteiger partial charge in [-0.25, -0.2) is 4.79 Å². The Bertz CT molecular complexity index is 346. The predicted molar refractivity (Wildman–Crippen MR) is 119 cm³/mol. The zero-order valence-corrected chi connectivity index (χ0v) is 18.2. The minimum Gasteiger partial charge on any atom is -0.463 e. The highest BCUT2D eigenvalue weighted by molar-refractivity contribution is 5.81. The van der Waals surface area contributed by atoms with Gasteiger partial charge in [-0.3, -0.25) is 0 Å². The van der Waals surface area contributed by atoms with Gasteiger partial charge in [0.15, 0.2) is 0 Å². The number of hydrogen-bond acceptors (Lipinski definition) is 2. The van der Waals surface area contributed by atoms with Gasteiger partial charge in [0.25, 0.3) is 0 Å². The first-order valence-electron chi connectivity index (χ1n) is 11.8. The van der Waals surface area contributed by atoms with Crippen molar-refractivity contribution in [3.63, 3.8) is 0 Å². The van der Waals surface area contributed by atoms with Gasteiger partial charge in [-0.15, -0.1) is 0 Å². The van der Waals surface area contributed by atoms with Crippen LogP contribution in [0.4, 0.5) is 0 Å². The van der Waals surface area contributed by atoms with E-state index in [-0.39, 0.29) is 5.97 Å². The van der Waals surface area contributed by atoms with Crippen LogP contribution in [-0.4, -0.2) is 12.6 Å². The van der Waals surface area contributed by atoms with Crippen LogP contribution < -0.4 is 0 Å². The summed E-state index contributed by atoms with van der Waals surface area (Å²) in [5.41, 5.74) is 0. The quantitative estimate of drug-likeness (QED) is 0.0868. The lowest BCUT2D eigenvalue weighted by Crippen LogP contribution is -2.01. The molecule has 0 N–H and O–H groups in total. The third-order valence-corrected chi connectivity index (χ3v) is 5.07. The van der Waals surface area contributed by atoms with Crippen LogP contribution in [-0.2, 0) is 9.53 Å². The van der Waals surface area contributed by atoms with E-state index in [1.807, 2.05) is 0 Å². The van der Waals surface area contributed by atoms with Gasteiger partial charge in [-0.05, 0) is 32.1 Å². The smallest absolute Gasteiger partial charge is 0.330 e. The van der Waals surface area contributed by atoms with E-state index in [1.165, 1.54) is 109 Å². The molecule has 158 valence electrons. The van der Waals surface area contributed by atoms with Crippen molar-refractivity contribution in [2.75, 3.05) is 6.61 Å². The van der Waals surface area contributed by atoms with Crippen molar-refractivity contribution < 1.29 is 9.53 Å². The predicted octanol–water partition coefficient (Wildman–Crippen LogP) is 8.31. The van der Waals surface area contributed by atoms with Gasteiger partial charge >= 0.3 is 5.97 Å². The normalized spacial score (nSPS) is 11.1. The van der Waals surface area contributed by atoms with Crippen LogP contribution >= 0.6 is 0 Å². The van der Waals surface area contributed by atoms with E-state index in [0.29, 0.717) is 6.61 Å². The molecule has 2 heteroatoms. The molecule has 2 nitrogen and oxygen atoms in total. The molecule has 0 radical (unpaired) electrons. The van der Waals surface area contributed by atoms with E-state index >= 15 is 0 Å². The monoisotopic (exact) mass is 378 g/mol. The lowest BCUT2D eigenvalue weighted by Gasteiger charge is -2.02. The van der Waals surface area contributed by atoms with Crippen molar-refractivity contribution in [1.29, 1.82) is 0 Å². The summed E-state index contributed by atoms with van der Waals surface area (Å²) in [6.45, 7) is 6.20. The van der Waals surface area contributed by atoms with E-state index in [4.69, 9.17) is 4.74 Å². The summed E-state index contributed by atoms with van der Waals surface area (Å²) < 4.78 is 4.96. The Morgan fingerprint density at radius 1 is 0.667 bits per heavy atom. The second-order valence-corrected chi connectivity index (χ2v) is 7.72. The van der Waals surface area contributed by atoms with Gasteiger partial charge in [0.2, 0.25) is 0 Å². The maximum Gasteiger partial charge on any atom is 0.330 e. The summed E-state index contributed by atoms with van der Waals surface area (Å²) in [7, 11) is 0. The van der Waals surface area contributed by atoms with E-state index in [9.17, 15) is 4.79 Å². The van der Waals surface area contributed by atoms with Crippen molar-refractivity contribution in [3.8, 4) is 0 Å². The number of allylic oxidation sites excluding steroid dienone is 2. The number of hydrogen-bond donors (Lipinski definition) is 0. The minimum atomic E-state index is -0.306. The lowest BCUT2D eigenvalue weighted by atomic mass is 10.1.